The molecule has 3 heterocycles. The van der Waals surface area contributed by atoms with Crippen LogP contribution in [0, 0.1) is 0 Å². The number of aromatic nitrogens is 1. The van der Waals surface area contributed by atoms with Crippen molar-refractivity contribution in [3.63, 3.8) is 0 Å². The zero-order chi connectivity index (χ0) is 25.4. The summed E-state index contributed by atoms with van der Waals surface area (Å²) in [6, 6.07) is 19.4. The molecule has 1 N–H and O–H groups in total. The molecule has 2 aromatic carbocycles. The fourth-order valence-electron chi connectivity index (χ4n) is 5.55. The van der Waals surface area contributed by atoms with Gasteiger partial charge < -0.3 is 24.3 Å². The van der Waals surface area contributed by atoms with Crippen LogP contribution in [0.15, 0.2) is 66.9 Å². The van der Waals surface area contributed by atoms with Crippen LogP contribution in [0.2, 0.25) is 0 Å². The summed E-state index contributed by atoms with van der Waals surface area (Å²) in [5.41, 5.74) is 5.57. The summed E-state index contributed by atoms with van der Waals surface area (Å²) in [7, 11) is 1.64. The number of urea groups is 1. The van der Waals surface area contributed by atoms with Crippen LogP contribution >= 0.6 is 11.3 Å². The average molecular weight is 514 g/mol. The van der Waals surface area contributed by atoms with Crippen molar-refractivity contribution in [1.82, 2.24) is 9.47 Å². The highest BCUT2D eigenvalue weighted by Gasteiger charge is 2.36. The number of benzene rings is 2. The lowest BCUT2D eigenvalue weighted by Gasteiger charge is -2.31. The zero-order valence-corrected chi connectivity index (χ0v) is 22.0. The van der Waals surface area contributed by atoms with Crippen LogP contribution < -0.4 is 14.8 Å². The van der Waals surface area contributed by atoms with E-state index in [2.05, 4.69) is 40.3 Å². The Morgan fingerprint density at radius 1 is 1.03 bits per heavy atom. The fraction of sp³-hybridized carbons (Fsp3) is 0.300. The first kappa shape index (κ1) is 23.7. The van der Waals surface area contributed by atoms with Gasteiger partial charge in [-0.1, -0.05) is 12.1 Å². The van der Waals surface area contributed by atoms with Crippen LogP contribution in [0.25, 0.3) is 5.00 Å². The van der Waals surface area contributed by atoms with E-state index in [0.29, 0.717) is 13.2 Å². The summed E-state index contributed by atoms with van der Waals surface area (Å²) in [6.07, 6.45) is 6.78. The molecule has 2 aromatic heterocycles. The topological polar surface area (TPSA) is 55.7 Å². The first-order valence-corrected chi connectivity index (χ1v) is 13.7. The van der Waals surface area contributed by atoms with Gasteiger partial charge in [-0.15, -0.1) is 11.3 Å². The van der Waals surface area contributed by atoms with Gasteiger partial charge in [-0.2, -0.15) is 0 Å². The summed E-state index contributed by atoms with van der Waals surface area (Å²) < 4.78 is 13.4. The second-order valence-electron chi connectivity index (χ2n) is 9.49. The third-order valence-corrected chi connectivity index (χ3v) is 8.60. The molecule has 0 spiro atoms. The van der Waals surface area contributed by atoms with Crippen LogP contribution in [0.1, 0.15) is 53.1 Å². The van der Waals surface area contributed by atoms with Gasteiger partial charge in [0.05, 0.1) is 32.0 Å². The number of anilines is 1. The van der Waals surface area contributed by atoms with E-state index in [1.54, 1.807) is 7.11 Å². The summed E-state index contributed by atoms with van der Waals surface area (Å²) in [4.78, 5) is 17.5. The summed E-state index contributed by atoms with van der Waals surface area (Å²) in [6.45, 7) is 3.13. The summed E-state index contributed by atoms with van der Waals surface area (Å²) in [5.74, 6) is 1.57. The molecule has 7 heteroatoms. The largest absolute Gasteiger partial charge is 0.497 e. The summed E-state index contributed by atoms with van der Waals surface area (Å²) in [5, 5.41) is 4.40. The number of hydrogen-bond acceptors (Lipinski definition) is 4. The number of fused-ring (bicyclic) bond motifs is 5. The van der Waals surface area contributed by atoms with Gasteiger partial charge in [0.25, 0.3) is 0 Å². The van der Waals surface area contributed by atoms with Gasteiger partial charge in [0, 0.05) is 22.3 Å². The quantitative estimate of drug-likeness (QED) is 0.314. The molecule has 1 aliphatic carbocycles. The molecule has 0 saturated heterocycles. The molecule has 4 aromatic rings. The Bertz CT molecular complexity index is 1420. The molecule has 6 rings (SSSR count). The van der Waals surface area contributed by atoms with E-state index in [0.717, 1.165) is 41.3 Å². The number of ether oxygens (including phenoxy) is 2. The van der Waals surface area contributed by atoms with E-state index in [9.17, 15) is 4.79 Å². The second-order valence-corrected chi connectivity index (χ2v) is 10.6. The monoisotopic (exact) mass is 513 g/mol. The number of rotatable bonds is 5. The molecule has 0 fully saturated rings. The minimum Gasteiger partial charge on any atom is -0.497 e. The molecular weight excluding hydrogens is 482 g/mol. The van der Waals surface area contributed by atoms with Gasteiger partial charge in [0.1, 0.15) is 16.5 Å². The highest BCUT2D eigenvalue weighted by molar-refractivity contribution is 7.15. The van der Waals surface area contributed by atoms with E-state index < -0.39 is 0 Å². The minimum absolute atomic E-state index is 0.131. The Morgan fingerprint density at radius 2 is 1.86 bits per heavy atom. The van der Waals surface area contributed by atoms with E-state index in [1.165, 1.54) is 33.8 Å². The number of amides is 2. The molecule has 0 radical (unpaired) electrons. The van der Waals surface area contributed by atoms with Crippen LogP contribution in [-0.2, 0) is 19.4 Å². The minimum atomic E-state index is -0.271. The molecule has 2 aliphatic rings. The second kappa shape index (κ2) is 9.98. The van der Waals surface area contributed by atoms with Crippen molar-refractivity contribution < 1.29 is 14.3 Å². The Labute approximate surface area is 221 Å². The van der Waals surface area contributed by atoms with Crippen molar-refractivity contribution >= 4 is 23.1 Å². The van der Waals surface area contributed by atoms with E-state index in [-0.39, 0.29) is 12.1 Å². The number of nitrogens with zero attached hydrogens (tertiary/aromatic N) is 2. The average Bonchev–Trinajstić information content (AvgIpc) is 3.51. The molecule has 37 heavy (non-hydrogen) atoms. The molecule has 190 valence electrons. The molecule has 6 nitrogen and oxygen atoms in total. The smallest absolute Gasteiger partial charge is 0.322 e. The van der Waals surface area contributed by atoms with E-state index in [4.69, 9.17) is 9.47 Å². The lowest BCUT2D eigenvalue weighted by Crippen LogP contribution is -2.38. The highest BCUT2D eigenvalue weighted by atomic mass is 32.1. The standard InChI is InChI=1S/C30H31N3O3S/c1-3-36-23-9-6-8-20(18-23)28-26-11-7-17-32(26)29-25(24-10-4-5-12-27(24)37-29)19-33(28)30(34)31-21-13-15-22(35-2)16-14-21/h6-9,11,13-18,28H,3-5,10,12,19H2,1-2H3,(H,31,34)/t28-/m0/s1. The Morgan fingerprint density at radius 3 is 2.68 bits per heavy atom. The van der Waals surface area contributed by atoms with Crippen molar-refractivity contribution in [1.29, 1.82) is 0 Å². The Balaban J connectivity index is 1.46. The van der Waals surface area contributed by atoms with E-state index >= 15 is 0 Å². The number of methoxy groups -OCH3 is 1. The normalized spacial score (nSPS) is 16.3. The first-order valence-electron chi connectivity index (χ1n) is 12.9. The highest BCUT2D eigenvalue weighted by Crippen LogP contribution is 2.44. The fourth-order valence-corrected chi connectivity index (χ4v) is 6.95. The van der Waals surface area contributed by atoms with Crippen LogP contribution in [0.5, 0.6) is 11.5 Å². The molecule has 1 atom stereocenters. The van der Waals surface area contributed by atoms with Crippen LogP contribution in [0.3, 0.4) is 0 Å². The third-order valence-electron chi connectivity index (χ3n) is 7.27. The Kier molecular flexibility index (Phi) is 6.38. The number of nitrogens with one attached hydrogen (secondary N) is 1. The SMILES string of the molecule is CCOc1cccc([C@H]2c3cccn3-c3sc4c(c3CN2C(=O)Nc2ccc(OC)cc2)CCCC4)c1. The maximum atomic E-state index is 14.0. The number of hydrogen-bond donors (Lipinski definition) is 1. The molecule has 0 unspecified atom stereocenters. The molecule has 2 amide bonds. The van der Waals surface area contributed by atoms with E-state index in [1.807, 2.05) is 59.6 Å². The predicted octanol–water partition coefficient (Wildman–Crippen LogP) is 6.96. The van der Waals surface area contributed by atoms with Gasteiger partial charge >= 0.3 is 6.03 Å². The lowest BCUT2D eigenvalue weighted by atomic mass is 9.95. The number of carbonyl (C=O) groups excluding carboxylic acids is 1. The van der Waals surface area contributed by atoms with Gasteiger partial charge in [-0.25, -0.2) is 4.79 Å². The number of thiophene rings is 1. The first-order chi connectivity index (χ1) is 18.2. The van der Waals surface area contributed by atoms with Crippen molar-refractivity contribution in [3.8, 4) is 16.5 Å². The maximum absolute atomic E-state index is 14.0. The molecule has 0 bridgehead atoms. The molecular formula is C30H31N3O3S. The van der Waals surface area contributed by atoms with Crippen molar-refractivity contribution in [2.75, 3.05) is 19.0 Å². The molecule has 0 saturated carbocycles. The van der Waals surface area contributed by atoms with Crippen molar-refractivity contribution in [2.24, 2.45) is 0 Å². The van der Waals surface area contributed by atoms with Crippen molar-refractivity contribution in [2.45, 2.75) is 45.2 Å². The van der Waals surface area contributed by atoms with Gasteiger partial charge in [0.2, 0.25) is 0 Å². The lowest BCUT2D eigenvalue weighted by molar-refractivity contribution is 0.194. The van der Waals surface area contributed by atoms with Gasteiger partial charge in [-0.3, -0.25) is 0 Å². The maximum Gasteiger partial charge on any atom is 0.322 e. The molecule has 1 aliphatic heterocycles. The van der Waals surface area contributed by atoms with Crippen LogP contribution in [-0.4, -0.2) is 29.2 Å². The summed E-state index contributed by atoms with van der Waals surface area (Å²) >= 11 is 1.89. The Hall–Kier alpha value is -3.71. The number of carbonyl (C=O) groups is 1. The zero-order valence-electron chi connectivity index (χ0n) is 21.2. The van der Waals surface area contributed by atoms with Crippen molar-refractivity contribution in [3.05, 3.63) is 94.1 Å². The van der Waals surface area contributed by atoms with Gasteiger partial charge in [-0.05, 0) is 92.3 Å². The van der Waals surface area contributed by atoms with Crippen LogP contribution in [0.4, 0.5) is 10.5 Å². The third kappa shape index (κ3) is 4.37. The predicted molar refractivity (Wildman–Crippen MR) is 147 cm³/mol. The number of aryl methyl sites for hydroxylation is 1. The van der Waals surface area contributed by atoms with Gasteiger partial charge in [0.15, 0.2) is 0 Å².